The highest BCUT2D eigenvalue weighted by molar-refractivity contribution is 6.23. The number of benzene rings is 2. The Labute approximate surface area is 200 Å². The van der Waals surface area contributed by atoms with Crippen molar-refractivity contribution in [2.75, 3.05) is 40.4 Å². The van der Waals surface area contributed by atoms with E-state index in [2.05, 4.69) is 29.2 Å². The highest BCUT2D eigenvalue weighted by Crippen LogP contribution is 2.20. The zero-order valence-corrected chi connectivity index (χ0v) is 20.1. The third kappa shape index (κ3) is 5.08. The van der Waals surface area contributed by atoms with E-state index in [4.69, 9.17) is 9.73 Å². The predicted octanol–water partition coefficient (Wildman–Crippen LogP) is 2.44. The van der Waals surface area contributed by atoms with Gasteiger partial charge in [0, 0.05) is 33.8 Å². The van der Waals surface area contributed by atoms with Gasteiger partial charge in [-0.05, 0) is 23.0 Å². The summed E-state index contributed by atoms with van der Waals surface area (Å²) in [6, 6.07) is 19.6. The topological polar surface area (TPSA) is 68.5 Å². The number of fused-ring (bicyclic) bond motifs is 1. The first-order valence-electron chi connectivity index (χ1n) is 11.6. The average molecular weight is 463 g/mol. The van der Waals surface area contributed by atoms with Crippen LogP contribution in [0.25, 0.3) is 0 Å². The molecule has 2 aliphatic rings. The Morgan fingerprint density at radius 3 is 2.06 bits per heavy atom. The monoisotopic (exact) mass is 462 g/mol. The number of carbonyl (C=O) groups is 2. The van der Waals surface area contributed by atoms with Crippen LogP contribution in [0, 0.1) is 0 Å². The smallest absolute Gasteiger partial charge is 0.333 e. The van der Waals surface area contributed by atoms with Crippen molar-refractivity contribution < 1.29 is 18.9 Å². The Morgan fingerprint density at radius 1 is 0.912 bits per heavy atom. The Bertz CT molecular complexity index is 1040. The van der Waals surface area contributed by atoms with E-state index in [9.17, 15) is 9.59 Å². The quantitative estimate of drug-likeness (QED) is 0.402. The van der Waals surface area contributed by atoms with Crippen molar-refractivity contribution >= 4 is 23.6 Å². The highest BCUT2D eigenvalue weighted by Gasteiger charge is 2.52. The summed E-state index contributed by atoms with van der Waals surface area (Å²) in [7, 11) is 3.19. The summed E-state index contributed by atoms with van der Waals surface area (Å²) >= 11 is 0. The molecule has 2 heterocycles. The van der Waals surface area contributed by atoms with Crippen molar-refractivity contribution in [3.63, 3.8) is 0 Å². The van der Waals surface area contributed by atoms with Gasteiger partial charge in [0.05, 0.1) is 6.61 Å². The van der Waals surface area contributed by atoms with Crippen molar-refractivity contribution in [3.8, 4) is 0 Å². The van der Waals surface area contributed by atoms with Crippen molar-refractivity contribution in [2.45, 2.75) is 26.1 Å². The molecule has 0 aliphatic carbocycles. The number of hydrogen-bond acceptors (Lipinski definition) is 5. The van der Waals surface area contributed by atoms with E-state index in [0.717, 1.165) is 18.9 Å². The molecule has 8 nitrogen and oxygen atoms in total. The molecule has 0 radical (unpaired) electrons. The number of amidine groups is 2. The molecule has 178 valence electrons. The SMILES string of the molecule is CCOCC[N+]1=C(CN(Cc2ccccc2)Cc2ccccc2)N=C2C1C(=O)N(C)C(=O)N2C. The molecule has 8 heteroatoms. The fourth-order valence-corrected chi connectivity index (χ4v) is 4.39. The molecule has 0 spiro atoms. The van der Waals surface area contributed by atoms with Crippen LogP contribution in [0.1, 0.15) is 18.1 Å². The molecule has 3 amide bonds. The molecule has 2 aromatic carbocycles. The summed E-state index contributed by atoms with van der Waals surface area (Å²) in [6.45, 7) is 5.55. The first-order valence-corrected chi connectivity index (χ1v) is 11.6. The largest absolute Gasteiger partial charge is 0.378 e. The molecule has 0 aromatic heterocycles. The lowest BCUT2D eigenvalue weighted by atomic mass is 10.1. The van der Waals surface area contributed by atoms with Crippen molar-refractivity contribution in [2.24, 2.45) is 4.99 Å². The Kier molecular flexibility index (Phi) is 7.49. The molecule has 1 unspecified atom stereocenters. The van der Waals surface area contributed by atoms with E-state index in [0.29, 0.717) is 32.1 Å². The lowest BCUT2D eigenvalue weighted by Crippen LogP contribution is -2.61. The average Bonchev–Trinajstić information content (AvgIpc) is 3.21. The molecule has 2 aliphatic heterocycles. The maximum atomic E-state index is 13.1. The Morgan fingerprint density at radius 2 is 1.50 bits per heavy atom. The lowest BCUT2D eigenvalue weighted by Gasteiger charge is -2.30. The van der Waals surface area contributed by atoms with Crippen LogP contribution in [0.2, 0.25) is 0 Å². The molecule has 1 saturated heterocycles. The van der Waals surface area contributed by atoms with E-state index in [1.807, 2.05) is 47.9 Å². The second kappa shape index (κ2) is 10.7. The van der Waals surface area contributed by atoms with Crippen LogP contribution in [-0.2, 0) is 22.6 Å². The van der Waals surface area contributed by atoms with Gasteiger partial charge in [-0.3, -0.25) is 19.5 Å². The number of urea groups is 1. The zero-order valence-electron chi connectivity index (χ0n) is 20.1. The summed E-state index contributed by atoms with van der Waals surface area (Å²) < 4.78 is 7.60. The van der Waals surface area contributed by atoms with Crippen LogP contribution in [0.5, 0.6) is 0 Å². The summed E-state index contributed by atoms with van der Waals surface area (Å²) in [6.07, 6.45) is 0. The van der Waals surface area contributed by atoms with Gasteiger partial charge in [-0.1, -0.05) is 60.7 Å². The Balaban J connectivity index is 1.66. The predicted molar refractivity (Wildman–Crippen MR) is 131 cm³/mol. The van der Waals surface area contributed by atoms with Gasteiger partial charge in [-0.2, -0.15) is 0 Å². The first-order chi connectivity index (χ1) is 16.5. The van der Waals surface area contributed by atoms with Gasteiger partial charge in [-0.15, -0.1) is 0 Å². The number of ether oxygens (including phenoxy) is 1. The third-order valence-corrected chi connectivity index (χ3v) is 6.16. The molecular weight excluding hydrogens is 430 g/mol. The van der Waals surface area contributed by atoms with Crippen LogP contribution in [-0.4, -0.2) is 89.3 Å². The minimum atomic E-state index is -0.613. The van der Waals surface area contributed by atoms with Crippen molar-refractivity contribution in [1.29, 1.82) is 0 Å². The molecule has 4 rings (SSSR count). The van der Waals surface area contributed by atoms with E-state index < -0.39 is 6.04 Å². The Hall–Kier alpha value is -3.36. The maximum Gasteiger partial charge on any atom is 0.333 e. The minimum Gasteiger partial charge on any atom is -0.378 e. The van der Waals surface area contributed by atoms with Crippen LogP contribution in [0.15, 0.2) is 65.7 Å². The first kappa shape index (κ1) is 23.8. The van der Waals surface area contributed by atoms with Gasteiger partial charge < -0.3 is 4.74 Å². The van der Waals surface area contributed by atoms with Gasteiger partial charge in [0.15, 0.2) is 0 Å². The van der Waals surface area contributed by atoms with Gasteiger partial charge in [0.1, 0.15) is 13.1 Å². The third-order valence-electron chi connectivity index (χ3n) is 6.16. The molecule has 0 N–H and O–H groups in total. The number of hydrogen-bond donors (Lipinski definition) is 0. The molecule has 0 saturated carbocycles. The number of imide groups is 1. The van der Waals surface area contributed by atoms with Gasteiger partial charge in [-0.25, -0.2) is 9.37 Å². The number of likely N-dealkylation sites (N-methyl/N-ethyl adjacent to an activating group) is 2. The van der Waals surface area contributed by atoms with Gasteiger partial charge in [0.25, 0.3) is 17.8 Å². The number of aliphatic imine (C=N–C) groups is 1. The second-order valence-corrected chi connectivity index (χ2v) is 8.53. The summed E-state index contributed by atoms with van der Waals surface area (Å²) in [5.74, 6) is 1.000. The molecular formula is C26H32N5O3+. The van der Waals surface area contributed by atoms with E-state index in [1.165, 1.54) is 28.0 Å². The number of amides is 3. The van der Waals surface area contributed by atoms with Crippen LogP contribution >= 0.6 is 0 Å². The van der Waals surface area contributed by atoms with Crippen LogP contribution in [0.3, 0.4) is 0 Å². The summed E-state index contributed by atoms with van der Waals surface area (Å²) in [4.78, 5) is 35.4. The summed E-state index contributed by atoms with van der Waals surface area (Å²) in [5, 5.41) is 0. The lowest BCUT2D eigenvalue weighted by molar-refractivity contribution is -0.539. The highest BCUT2D eigenvalue weighted by atomic mass is 16.5. The van der Waals surface area contributed by atoms with Crippen molar-refractivity contribution in [3.05, 3.63) is 71.8 Å². The number of carbonyl (C=O) groups excluding carboxylic acids is 2. The molecule has 1 atom stereocenters. The minimum absolute atomic E-state index is 0.258. The van der Waals surface area contributed by atoms with Gasteiger partial charge >= 0.3 is 11.9 Å². The number of rotatable bonds is 10. The van der Waals surface area contributed by atoms with E-state index >= 15 is 0 Å². The summed E-state index contributed by atoms with van der Waals surface area (Å²) in [5.41, 5.74) is 2.40. The molecule has 34 heavy (non-hydrogen) atoms. The fraction of sp³-hybridized carbons (Fsp3) is 0.385. The standard InChI is InChI=1S/C26H32N5O3/c1-4-34-16-15-31-22(27-24-23(31)25(32)29(3)26(33)28(24)2)19-30(17-20-11-7-5-8-12-20)18-21-13-9-6-10-14-21/h5-14,23H,4,15-19H2,1-3H3/q+1. The van der Waals surface area contributed by atoms with Crippen LogP contribution < -0.4 is 0 Å². The normalized spacial score (nSPS) is 18.1. The molecule has 0 bridgehead atoms. The fourth-order valence-electron chi connectivity index (χ4n) is 4.39. The maximum absolute atomic E-state index is 13.1. The molecule has 2 aromatic rings. The van der Waals surface area contributed by atoms with Gasteiger partial charge in [0.2, 0.25) is 0 Å². The van der Waals surface area contributed by atoms with E-state index in [-0.39, 0.29) is 11.9 Å². The van der Waals surface area contributed by atoms with Crippen LogP contribution in [0.4, 0.5) is 4.79 Å². The molecule has 1 fully saturated rings. The van der Waals surface area contributed by atoms with Crippen molar-refractivity contribution in [1.82, 2.24) is 14.7 Å². The second-order valence-electron chi connectivity index (χ2n) is 8.53. The van der Waals surface area contributed by atoms with E-state index in [1.54, 1.807) is 7.05 Å². The number of nitrogens with zero attached hydrogens (tertiary/aromatic N) is 5. The zero-order chi connectivity index (χ0) is 24.1.